The third-order valence-electron chi connectivity index (χ3n) is 5.40. The number of anilines is 2. The molecule has 0 aliphatic carbocycles. The molecule has 3 aliphatic heterocycles. The van der Waals surface area contributed by atoms with Gasteiger partial charge in [-0.05, 0) is 19.3 Å². The number of carbonyl (C=O) groups excluding carboxylic acids is 2. The second kappa shape index (κ2) is 7.18. The van der Waals surface area contributed by atoms with Crippen molar-refractivity contribution < 1.29 is 23.1 Å². The first-order valence-electron chi connectivity index (χ1n) is 9.05. The van der Waals surface area contributed by atoms with Gasteiger partial charge in [0.2, 0.25) is 5.91 Å². The number of amides is 2. The highest BCUT2D eigenvalue weighted by Gasteiger charge is 2.40. The van der Waals surface area contributed by atoms with Gasteiger partial charge in [-0.3, -0.25) is 9.69 Å². The molecule has 3 heterocycles. The number of hydrogen-bond acceptors (Lipinski definition) is 5. The van der Waals surface area contributed by atoms with Crippen LogP contribution in [-0.4, -0.2) is 48.2 Å². The quantitative estimate of drug-likeness (QED) is 0.827. The van der Waals surface area contributed by atoms with Crippen LogP contribution in [-0.2, 0) is 9.53 Å². The Morgan fingerprint density at radius 1 is 1.22 bits per heavy atom. The predicted molar refractivity (Wildman–Crippen MR) is 99.0 cm³/mol. The van der Waals surface area contributed by atoms with Crippen molar-refractivity contribution in [1.82, 2.24) is 0 Å². The molecule has 0 saturated carbocycles. The smallest absolute Gasteiger partial charge is 0.414 e. The fourth-order valence-corrected chi connectivity index (χ4v) is 5.47. The lowest BCUT2D eigenvalue weighted by Crippen LogP contribution is -2.43. The van der Waals surface area contributed by atoms with Crippen LogP contribution in [0.2, 0.25) is 0 Å². The van der Waals surface area contributed by atoms with Crippen LogP contribution in [0.15, 0.2) is 12.1 Å². The summed E-state index contributed by atoms with van der Waals surface area (Å²) in [6, 6.07) is 2.69. The first-order chi connectivity index (χ1) is 12.9. The van der Waals surface area contributed by atoms with Crippen molar-refractivity contribution in [3.8, 4) is 0 Å². The van der Waals surface area contributed by atoms with Gasteiger partial charge in [0, 0.05) is 42.1 Å². The van der Waals surface area contributed by atoms with Gasteiger partial charge < -0.3 is 15.4 Å². The molecular weight excluding hydrogens is 376 g/mol. The maximum absolute atomic E-state index is 14.9. The van der Waals surface area contributed by atoms with Crippen molar-refractivity contribution in [1.29, 1.82) is 0 Å². The first kappa shape index (κ1) is 18.3. The van der Waals surface area contributed by atoms with Gasteiger partial charge in [-0.25, -0.2) is 13.6 Å². The Kier molecular flexibility index (Phi) is 4.88. The molecule has 1 aromatic rings. The van der Waals surface area contributed by atoms with E-state index in [1.807, 2.05) is 16.7 Å². The summed E-state index contributed by atoms with van der Waals surface area (Å²) >= 11 is 1.83. The van der Waals surface area contributed by atoms with Gasteiger partial charge in [0.25, 0.3) is 0 Å². The highest BCUT2D eigenvalue weighted by atomic mass is 32.2. The van der Waals surface area contributed by atoms with Gasteiger partial charge >= 0.3 is 6.09 Å². The topological polar surface area (TPSA) is 75.9 Å². The monoisotopic (exact) mass is 397 g/mol. The molecule has 4 rings (SSSR count). The Balaban J connectivity index is 1.55. The number of thioether (sulfide) groups is 1. The Hall–Kier alpha value is -2.03. The summed E-state index contributed by atoms with van der Waals surface area (Å²) in [7, 11) is 0. The minimum atomic E-state index is -0.675. The van der Waals surface area contributed by atoms with Gasteiger partial charge in [-0.15, -0.1) is 0 Å². The second-order valence-electron chi connectivity index (χ2n) is 7.21. The second-order valence-corrected chi connectivity index (χ2v) is 8.28. The average Bonchev–Trinajstić information content (AvgIpc) is 3.08. The van der Waals surface area contributed by atoms with E-state index in [1.54, 1.807) is 0 Å². The van der Waals surface area contributed by atoms with Crippen LogP contribution in [0.4, 0.5) is 25.0 Å². The molecule has 3 atom stereocenters. The highest BCUT2D eigenvalue weighted by Crippen LogP contribution is 2.41. The van der Waals surface area contributed by atoms with Crippen molar-refractivity contribution in [2.24, 2.45) is 5.73 Å². The SMILES string of the molecule is NC(=O)CC[C@H]1CN(c2cc(F)c(N3[C@@H]4CC[C@H]3CSC4)c(F)c2)C(=O)O1. The number of carbonyl (C=O) groups is 2. The largest absolute Gasteiger partial charge is 0.444 e. The number of benzene rings is 1. The van der Waals surface area contributed by atoms with E-state index in [1.165, 1.54) is 17.0 Å². The summed E-state index contributed by atoms with van der Waals surface area (Å²) in [6.45, 7) is 0.135. The maximum Gasteiger partial charge on any atom is 0.414 e. The van der Waals surface area contributed by atoms with E-state index in [2.05, 4.69) is 0 Å². The average molecular weight is 397 g/mol. The molecule has 3 aliphatic rings. The van der Waals surface area contributed by atoms with Crippen molar-refractivity contribution >= 4 is 35.1 Å². The van der Waals surface area contributed by atoms with Crippen LogP contribution >= 0.6 is 11.8 Å². The Morgan fingerprint density at radius 3 is 2.44 bits per heavy atom. The van der Waals surface area contributed by atoms with Crippen molar-refractivity contribution in [3.63, 3.8) is 0 Å². The maximum atomic E-state index is 14.9. The zero-order valence-electron chi connectivity index (χ0n) is 14.7. The third-order valence-corrected chi connectivity index (χ3v) is 6.64. The molecule has 3 fully saturated rings. The van der Waals surface area contributed by atoms with Gasteiger partial charge in [-0.2, -0.15) is 11.8 Å². The van der Waals surface area contributed by atoms with Crippen LogP contribution < -0.4 is 15.5 Å². The number of cyclic esters (lactones) is 1. The minimum Gasteiger partial charge on any atom is -0.444 e. The number of nitrogens with zero attached hydrogens (tertiary/aromatic N) is 2. The summed E-state index contributed by atoms with van der Waals surface area (Å²) in [5.74, 6) is -0.0709. The Labute approximate surface area is 160 Å². The van der Waals surface area contributed by atoms with Gasteiger partial charge in [-0.1, -0.05) is 0 Å². The summed E-state index contributed by atoms with van der Waals surface area (Å²) in [6.07, 6.45) is 1.06. The number of ether oxygens (including phenoxy) is 1. The van der Waals surface area contributed by atoms with Crippen molar-refractivity contribution in [2.45, 2.75) is 43.9 Å². The molecule has 27 heavy (non-hydrogen) atoms. The molecule has 146 valence electrons. The molecule has 3 saturated heterocycles. The number of fused-ring (bicyclic) bond motifs is 2. The van der Waals surface area contributed by atoms with E-state index in [0.29, 0.717) is 0 Å². The van der Waals surface area contributed by atoms with E-state index in [4.69, 9.17) is 10.5 Å². The van der Waals surface area contributed by atoms with E-state index in [-0.39, 0.29) is 42.8 Å². The molecule has 0 unspecified atom stereocenters. The number of hydrogen-bond donors (Lipinski definition) is 1. The highest BCUT2D eigenvalue weighted by molar-refractivity contribution is 7.99. The van der Waals surface area contributed by atoms with Crippen LogP contribution in [0, 0.1) is 11.6 Å². The van der Waals surface area contributed by atoms with Gasteiger partial charge in [0.05, 0.1) is 12.2 Å². The lowest BCUT2D eigenvalue weighted by molar-refractivity contribution is -0.118. The molecule has 0 aromatic heterocycles. The fraction of sp³-hybridized carbons (Fsp3) is 0.556. The number of halogens is 2. The third kappa shape index (κ3) is 3.44. The number of rotatable bonds is 5. The van der Waals surface area contributed by atoms with Crippen LogP contribution in [0.25, 0.3) is 0 Å². The summed E-state index contributed by atoms with van der Waals surface area (Å²) in [5, 5.41) is 0. The molecule has 2 amide bonds. The van der Waals surface area contributed by atoms with Crippen molar-refractivity contribution in [3.05, 3.63) is 23.8 Å². The van der Waals surface area contributed by atoms with E-state index in [0.717, 1.165) is 24.3 Å². The molecule has 2 N–H and O–H groups in total. The van der Waals surface area contributed by atoms with E-state index < -0.39 is 29.7 Å². The van der Waals surface area contributed by atoms with E-state index in [9.17, 15) is 18.4 Å². The van der Waals surface area contributed by atoms with Crippen molar-refractivity contribution in [2.75, 3.05) is 27.9 Å². The van der Waals surface area contributed by atoms with Crippen LogP contribution in [0.1, 0.15) is 25.7 Å². The molecule has 2 bridgehead atoms. The summed E-state index contributed by atoms with van der Waals surface area (Å²) < 4.78 is 34.9. The molecule has 1 aromatic carbocycles. The predicted octanol–water partition coefficient (Wildman–Crippen LogP) is 2.64. The molecule has 0 spiro atoms. The van der Waals surface area contributed by atoms with Crippen LogP contribution in [0.5, 0.6) is 0 Å². The fourth-order valence-electron chi connectivity index (χ4n) is 4.13. The zero-order valence-corrected chi connectivity index (χ0v) is 15.5. The lowest BCUT2D eigenvalue weighted by atomic mass is 10.1. The molecule has 0 radical (unpaired) electrons. The number of nitrogens with two attached hydrogens (primary N) is 1. The van der Waals surface area contributed by atoms with Gasteiger partial charge in [0.1, 0.15) is 11.8 Å². The summed E-state index contributed by atoms with van der Waals surface area (Å²) in [5.41, 5.74) is 5.24. The lowest BCUT2D eigenvalue weighted by Gasteiger charge is -2.37. The minimum absolute atomic E-state index is 0.00407. The molecule has 6 nitrogen and oxygen atoms in total. The number of primary amides is 1. The summed E-state index contributed by atoms with van der Waals surface area (Å²) in [4.78, 5) is 26.0. The Morgan fingerprint density at radius 2 is 1.85 bits per heavy atom. The van der Waals surface area contributed by atoms with E-state index >= 15 is 0 Å². The molecular formula is C18H21F2N3O3S. The van der Waals surface area contributed by atoms with Gasteiger partial charge in [0.15, 0.2) is 11.6 Å². The normalized spacial score (nSPS) is 27.2. The molecule has 9 heteroatoms. The Bertz CT molecular complexity index is 739. The zero-order chi connectivity index (χ0) is 19.1. The van der Waals surface area contributed by atoms with Crippen LogP contribution in [0.3, 0.4) is 0 Å². The standard InChI is InChI=1S/C18H21F2N3O3S/c19-14-5-12(22-7-13(26-18(22)25)3-4-16(21)24)6-15(20)17(14)23-10-1-2-11(23)9-27-8-10/h5-6,10-11,13H,1-4,7-9H2,(H2,21,24)/t10-,11+,13-/m0/s1. The first-order valence-corrected chi connectivity index (χ1v) is 10.2.